The van der Waals surface area contributed by atoms with Gasteiger partial charge in [0.1, 0.15) is 5.54 Å². The first-order valence-electron chi connectivity index (χ1n) is 6.63. The number of hydrogen-bond donors (Lipinski definition) is 0. The van der Waals surface area contributed by atoms with Gasteiger partial charge in [0.2, 0.25) is 0 Å². The van der Waals surface area contributed by atoms with Gasteiger partial charge >= 0.3 is 0 Å². The molecule has 1 aliphatic heterocycles. The smallest absolute Gasteiger partial charge is 0.110 e. The highest BCUT2D eigenvalue weighted by molar-refractivity contribution is 6.30. The molecule has 0 bridgehead atoms. The van der Waals surface area contributed by atoms with E-state index in [-0.39, 0.29) is 0 Å². The lowest BCUT2D eigenvalue weighted by Gasteiger charge is -2.41. The average molecular weight is 278 g/mol. The minimum Gasteiger partial charge on any atom is -0.304 e. The zero-order valence-corrected chi connectivity index (χ0v) is 12.3. The van der Waals surface area contributed by atoms with E-state index in [0.29, 0.717) is 0 Å². The number of benzene rings is 1. The summed E-state index contributed by atoms with van der Waals surface area (Å²) in [4.78, 5) is 4.60. The second kappa shape index (κ2) is 5.92. The maximum Gasteiger partial charge on any atom is 0.110 e. The Hall–Kier alpha value is -1.08. The van der Waals surface area contributed by atoms with E-state index in [0.717, 1.165) is 43.2 Å². The van der Waals surface area contributed by atoms with Crippen LogP contribution in [0.15, 0.2) is 24.3 Å². The molecule has 0 aromatic heterocycles. The summed E-state index contributed by atoms with van der Waals surface area (Å²) in [6, 6.07) is 10.3. The van der Waals surface area contributed by atoms with Crippen molar-refractivity contribution in [3.8, 4) is 6.07 Å². The summed E-state index contributed by atoms with van der Waals surface area (Å²) in [6.07, 6.45) is 0.740. The molecule has 1 aliphatic rings. The number of likely N-dealkylation sites (N-methyl/N-ethyl adjacent to an activating group) is 1. The first-order chi connectivity index (χ1) is 9.03. The molecule has 0 amide bonds. The molecule has 1 saturated heterocycles. The minimum absolute atomic E-state index is 0.435. The van der Waals surface area contributed by atoms with Crippen molar-refractivity contribution in [2.75, 3.05) is 33.2 Å². The number of nitrogens with zero attached hydrogens (tertiary/aromatic N) is 3. The van der Waals surface area contributed by atoms with Gasteiger partial charge in [-0.25, -0.2) is 0 Å². The molecule has 0 N–H and O–H groups in total. The van der Waals surface area contributed by atoms with Gasteiger partial charge in [-0.15, -0.1) is 0 Å². The Labute approximate surface area is 120 Å². The number of nitriles is 1. The maximum atomic E-state index is 9.59. The molecule has 1 heterocycles. The van der Waals surface area contributed by atoms with Gasteiger partial charge in [-0.2, -0.15) is 5.26 Å². The van der Waals surface area contributed by atoms with Crippen LogP contribution in [0.4, 0.5) is 0 Å². The second-order valence-corrected chi connectivity index (χ2v) is 5.92. The molecule has 1 aromatic carbocycles. The lowest BCUT2D eigenvalue weighted by Crippen LogP contribution is -2.55. The monoisotopic (exact) mass is 277 g/mol. The fourth-order valence-corrected chi connectivity index (χ4v) is 2.65. The van der Waals surface area contributed by atoms with E-state index in [2.05, 4.69) is 22.9 Å². The Kier molecular flexibility index (Phi) is 4.46. The SMILES string of the molecule is CN1CCN(C(C)(C#N)Cc2ccc(Cl)cc2)CC1. The van der Waals surface area contributed by atoms with Crippen molar-refractivity contribution in [2.45, 2.75) is 18.9 Å². The third kappa shape index (κ3) is 3.48. The van der Waals surface area contributed by atoms with Crippen molar-refractivity contribution in [3.63, 3.8) is 0 Å². The number of piperazine rings is 1. The topological polar surface area (TPSA) is 30.3 Å². The Balaban J connectivity index is 2.09. The summed E-state index contributed by atoms with van der Waals surface area (Å²) >= 11 is 5.90. The molecular weight excluding hydrogens is 258 g/mol. The van der Waals surface area contributed by atoms with Crippen molar-refractivity contribution < 1.29 is 0 Å². The zero-order valence-electron chi connectivity index (χ0n) is 11.6. The van der Waals surface area contributed by atoms with Crippen LogP contribution in [0.25, 0.3) is 0 Å². The van der Waals surface area contributed by atoms with Crippen LogP contribution in [0.3, 0.4) is 0 Å². The molecular formula is C15H20ClN3. The fraction of sp³-hybridized carbons (Fsp3) is 0.533. The van der Waals surface area contributed by atoms with Crippen LogP contribution in [-0.2, 0) is 6.42 Å². The summed E-state index contributed by atoms with van der Waals surface area (Å²) in [5.41, 5.74) is 0.724. The molecule has 0 aliphatic carbocycles. The van der Waals surface area contributed by atoms with Gasteiger partial charge < -0.3 is 4.90 Å². The van der Waals surface area contributed by atoms with Gasteiger partial charge in [0.05, 0.1) is 6.07 Å². The van der Waals surface area contributed by atoms with E-state index in [1.807, 2.05) is 31.2 Å². The lowest BCUT2D eigenvalue weighted by atomic mass is 9.91. The summed E-state index contributed by atoms with van der Waals surface area (Å²) in [5.74, 6) is 0. The van der Waals surface area contributed by atoms with Crippen LogP contribution in [-0.4, -0.2) is 48.6 Å². The van der Waals surface area contributed by atoms with E-state index in [1.54, 1.807) is 0 Å². The van der Waals surface area contributed by atoms with Gasteiger partial charge in [0.25, 0.3) is 0 Å². The van der Waals surface area contributed by atoms with Gasteiger partial charge in [-0.1, -0.05) is 23.7 Å². The molecule has 4 heteroatoms. The van der Waals surface area contributed by atoms with Crippen LogP contribution in [0, 0.1) is 11.3 Å². The van der Waals surface area contributed by atoms with Gasteiger partial charge in [-0.3, -0.25) is 4.90 Å². The largest absolute Gasteiger partial charge is 0.304 e. The van der Waals surface area contributed by atoms with Crippen LogP contribution in [0.5, 0.6) is 0 Å². The van der Waals surface area contributed by atoms with Crippen LogP contribution >= 0.6 is 11.6 Å². The quantitative estimate of drug-likeness (QED) is 0.850. The second-order valence-electron chi connectivity index (χ2n) is 5.48. The molecule has 0 radical (unpaired) electrons. The standard InChI is InChI=1S/C15H20ClN3/c1-15(12-17,19-9-7-18(2)8-10-19)11-13-3-5-14(16)6-4-13/h3-6H,7-11H2,1-2H3. The number of hydrogen-bond acceptors (Lipinski definition) is 3. The predicted molar refractivity (Wildman–Crippen MR) is 78.2 cm³/mol. The predicted octanol–water partition coefficient (Wildman–Crippen LogP) is 2.41. The highest BCUT2D eigenvalue weighted by Gasteiger charge is 2.33. The van der Waals surface area contributed by atoms with E-state index in [4.69, 9.17) is 11.6 Å². The highest BCUT2D eigenvalue weighted by Crippen LogP contribution is 2.22. The summed E-state index contributed by atoms with van der Waals surface area (Å²) in [5, 5.41) is 10.3. The molecule has 1 aromatic rings. The van der Waals surface area contributed by atoms with Crippen molar-refractivity contribution >= 4 is 11.6 Å². The molecule has 1 fully saturated rings. The van der Waals surface area contributed by atoms with Gasteiger partial charge in [-0.05, 0) is 31.7 Å². The van der Waals surface area contributed by atoms with Crippen LogP contribution in [0.2, 0.25) is 5.02 Å². The maximum absolute atomic E-state index is 9.59. The molecule has 0 spiro atoms. The zero-order chi connectivity index (χ0) is 13.9. The Morgan fingerprint density at radius 1 is 1.21 bits per heavy atom. The number of rotatable bonds is 3. The Morgan fingerprint density at radius 2 is 1.79 bits per heavy atom. The first kappa shape index (κ1) is 14.3. The Bertz CT molecular complexity index is 457. The van der Waals surface area contributed by atoms with Crippen LogP contribution < -0.4 is 0 Å². The first-order valence-corrected chi connectivity index (χ1v) is 7.00. The van der Waals surface area contributed by atoms with Gasteiger partial charge in [0, 0.05) is 37.6 Å². The van der Waals surface area contributed by atoms with Crippen molar-refractivity contribution in [2.24, 2.45) is 0 Å². The van der Waals surface area contributed by atoms with E-state index in [9.17, 15) is 5.26 Å². The fourth-order valence-electron chi connectivity index (χ4n) is 2.52. The molecule has 102 valence electrons. The summed E-state index contributed by atoms with van der Waals surface area (Å²) in [7, 11) is 2.13. The summed E-state index contributed by atoms with van der Waals surface area (Å²) < 4.78 is 0. The molecule has 3 nitrogen and oxygen atoms in total. The van der Waals surface area contributed by atoms with E-state index < -0.39 is 5.54 Å². The average Bonchev–Trinajstić information content (AvgIpc) is 2.42. The number of halogens is 1. The van der Waals surface area contributed by atoms with Crippen molar-refractivity contribution in [1.82, 2.24) is 9.80 Å². The minimum atomic E-state index is -0.435. The molecule has 0 saturated carbocycles. The van der Waals surface area contributed by atoms with E-state index >= 15 is 0 Å². The molecule has 2 rings (SSSR count). The molecule has 19 heavy (non-hydrogen) atoms. The lowest BCUT2D eigenvalue weighted by molar-refractivity contribution is 0.0835. The molecule has 1 atom stereocenters. The normalized spacial score (nSPS) is 20.7. The molecule has 1 unspecified atom stereocenters. The van der Waals surface area contributed by atoms with Gasteiger partial charge in [0.15, 0.2) is 0 Å². The van der Waals surface area contributed by atoms with E-state index in [1.165, 1.54) is 0 Å². The third-order valence-electron chi connectivity index (χ3n) is 3.90. The third-order valence-corrected chi connectivity index (χ3v) is 4.16. The van der Waals surface area contributed by atoms with Crippen molar-refractivity contribution in [1.29, 1.82) is 5.26 Å². The summed E-state index contributed by atoms with van der Waals surface area (Å²) in [6.45, 7) is 5.99. The van der Waals surface area contributed by atoms with Crippen LogP contribution in [0.1, 0.15) is 12.5 Å². The van der Waals surface area contributed by atoms with Crippen molar-refractivity contribution in [3.05, 3.63) is 34.9 Å². The Morgan fingerprint density at radius 3 is 2.32 bits per heavy atom. The highest BCUT2D eigenvalue weighted by atomic mass is 35.5.